The molecule has 7 heteroatoms. The van der Waals surface area contributed by atoms with E-state index in [0.717, 1.165) is 5.56 Å². The number of carbonyl (C=O) groups is 3. The van der Waals surface area contributed by atoms with E-state index in [2.05, 4.69) is 0 Å². The molecule has 27 heavy (non-hydrogen) atoms. The van der Waals surface area contributed by atoms with Gasteiger partial charge in [-0.2, -0.15) is 0 Å². The summed E-state index contributed by atoms with van der Waals surface area (Å²) in [5, 5.41) is 10.5. The lowest BCUT2D eigenvalue weighted by molar-refractivity contribution is -0.305. The van der Waals surface area contributed by atoms with Gasteiger partial charge in [0.15, 0.2) is 0 Å². The van der Waals surface area contributed by atoms with E-state index < -0.39 is 36.9 Å². The summed E-state index contributed by atoms with van der Waals surface area (Å²) in [6, 6.07) is 15.3. The van der Waals surface area contributed by atoms with Crippen LogP contribution in [0.2, 0.25) is 0 Å². The first kappa shape index (κ1) is 20.0. The molecular formula is C20H19O7-. The van der Waals surface area contributed by atoms with Crippen molar-refractivity contribution in [3.63, 3.8) is 0 Å². The van der Waals surface area contributed by atoms with Crippen molar-refractivity contribution in [1.29, 1.82) is 0 Å². The Morgan fingerprint density at radius 3 is 2.22 bits per heavy atom. The van der Waals surface area contributed by atoms with Gasteiger partial charge in [-0.1, -0.05) is 42.5 Å². The number of hydrogen-bond donors (Lipinski definition) is 0. The first-order valence-electron chi connectivity index (χ1n) is 8.23. The lowest BCUT2D eigenvalue weighted by Crippen LogP contribution is -2.25. The molecule has 2 rings (SSSR count). The molecule has 0 bridgehead atoms. The first-order valence-corrected chi connectivity index (χ1v) is 8.23. The van der Waals surface area contributed by atoms with E-state index in [1.54, 1.807) is 61.7 Å². The molecule has 7 nitrogen and oxygen atoms in total. The second-order valence-electron chi connectivity index (χ2n) is 5.61. The minimum absolute atomic E-state index is 0.0112. The van der Waals surface area contributed by atoms with Gasteiger partial charge in [0, 0.05) is 11.5 Å². The monoisotopic (exact) mass is 371 g/mol. The number of carbonyl (C=O) groups excluding carboxylic acids is 3. The number of carboxylic acid groups (broad SMARTS) is 1. The molecule has 0 spiro atoms. The van der Waals surface area contributed by atoms with Gasteiger partial charge in [-0.05, 0) is 24.1 Å². The summed E-state index contributed by atoms with van der Waals surface area (Å²) in [6.07, 6.45) is -2.16. The molecule has 0 aliphatic rings. The second kappa shape index (κ2) is 9.96. The summed E-state index contributed by atoms with van der Waals surface area (Å²) in [7, 11) is 1.55. The zero-order chi connectivity index (χ0) is 19.6. The van der Waals surface area contributed by atoms with E-state index in [4.69, 9.17) is 14.2 Å². The van der Waals surface area contributed by atoms with E-state index in [-0.39, 0.29) is 6.61 Å². The summed E-state index contributed by atoms with van der Waals surface area (Å²) >= 11 is 0. The number of benzene rings is 2. The van der Waals surface area contributed by atoms with E-state index >= 15 is 0 Å². The summed E-state index contributed by atoms with van der Waals surface area (Å²) in [4.78, 5) is 34.8. The Hall–Kier alpha value is -3.35. The smallest absolute Gasteiger partial charge is 0.352 e. The second-order valence-corrected chi connectivity index (χ2v) is 5.61. The normalized spacial score (nSPS) is 11.3. The molecule has 0 aromatic heterocycles. The number of carboxylic acids is 1. The highest BCUT2D eigenvalue weighted by Gasteiger charge is 2.26. The van der Waals surface area contributed by atoms with Gasteiger partial charge in [0.2, 0.25) is 6.10 Å². The van der Waals surface area contributed by atoms with Crippen molar-refractivity contribution in [2.45, 2.75) is 25.6 Å². The third-order valence-corrected chi connectivity index (χ3v) is 3.64. The van der Waals surface area contributed by atoms with Crippen LogP contribution in [0.5, 0.6) is 5.75 Å². The Morgan fingerprint density at radius 1 is 0.963 bits per heavy atom. The molecule has 2 aromatic rings. The van der Waals surface area contributed by atoms with Crippen LogP contribution in [0.1, 0.15) is 30.1 Å². The van der Waals surface area contributed by atoms with Crippen LogP contribution in [0.4, 0.5) is 0 Å². The third kappa shape index (κ3) is 6.47. The molecule has 1 atom stereocenters. The molecule has 0 saturated carbocycles. The molecule has 2 aromatic carbocycles. The summed E-state index contributed by atoms with van der Waals surface area (Å²) in [5.41, 5.74) is 1.17. The van der Waals surface area contributed by atoms with Gasteiger partial charge in [0.05, 0.1) is 13.5 Å². The topological polar surface area (TPSA) is 102 Å². The maximum absolute atomic E-state index is 12.5. The van der Waals surface area contributed by atoms with Gasteiger partial charge in [0.1, 0.15) is 12.4 Å². The highest BCUT2D eigenvalue weighted by Crippen LogP contribution is 2.21. The van der Waals surface area contributed by atoms with Crippen LogP contribution < -0.4 is 9.84 Å². The number of ether oxygens (including phenoxy) is 3. The Kier molecular flexibility index (Phi) is 7.37. The van der Waals surface area contributed by atoms with Crippen LogP contribution in [-0.2, 0) is 30.5 Å². The minimum atomic E-state index is -1.37. The lowest BCUT2D eigenvalue weighted by atomic mass is 10.1. The van der Waals surface area contributed by atoms with Crippen molar-refractivity contribution in [3.8, 4) is 5.75 Å². The molecule has 1 unspecified atom stereocenters. The van der Waals surface area contributed by atoms with Gasteiger partial charge in [-0.25, -0.2) is 4.79 Å². The standard InChI is InChI=1S/C20H20O7/c1-25-16-9-7-14(8-10-16)13-26-20(24)19(15-5-3-2-4-6-15)27-18(23)12-11-17(21)22/h2-10,19H,11-13H2,1H3,(H,21,22)/p-1. The molecule has 0 fully saturated rings. The fraction of sp³-hybridized carbons (Fsp3) is 0.250. The lowest BCUT2D eigenvalue weighted by Gasteiger charge is -2.17. The van der Waals surface area contributed by atoms with Crippen LogP contribution >= 0.6 is 0 Å². The van der Waals surface area contributed by atoms with Gasteiger partial charge in [0.25, 0.3) is 0 Å². The van der Waals surface area contributed by atoms with E-state index in [1.807, 2.05) is 0 Å². The molecule has 142 valence electrons. The van der Waals surface area contributed by atoms with Crippen LogP contribution in [0.3, 0.4) is 0 Å². The Morgan fingerprint density at radius 2 is 1.63 bits per heavy atom. The fourth-order valence-corrected chi connectivity index (χ4v) is 2.23. The molecule has 0 saturated heterocycles. The van der Waals surface area contributed by atoms with Crippen LogP contribution in [-0.4, -0.2) is 25.0 Å². The molecule has 0 aliphatic heterocycles. The summed E-state index contributed by atoms with van der Waals surface area (Å²) in [5.74, 6) is -2.27. The van der Waals surface area contributed by atoms with Crippen molar-refractivity contribution in [3.05, 3.63) is 65.7 Å². The minimum Gasteiger partial charge on any atom is -0.550 e. The Labute approximate surface area is 156 Å². The molecule has 0 N–H and O–H groups in total. The van der Waals surface area contributed by atoms with E-state index in [9.17, 15) is 19.5 Å². The fourth-order valence-electron chi connectivity index (χ4n) is 2.23. The van der Waals surface area contributed by atoms with E-state index in [1.165, 1.54) is 0 Å². The van der Waals surface area contributed by atoms with Crippen LogP contribution in [0.15, 0.2) is 54.6 Å². The van der Waals surface area contributed by atoms with Crippen LogP contribution in [0, 0.1) is 0 Å². The Bertz CT molecular complexity index is 769. The number of methoxy groups -OCH3 is 1. The predicted molar refractivity (Wildman–Crippen MR) is 92.3 cm³/mol. The third-order valence-electron chi connectivity index (χ3n) is 3.64. The number of esters is 2. The predicted octanol–water partition coefficient (Wildman–Crippen LogP) is 1.55. The SMILES string of the molecule is COc1ccc(COC(=O)C(OC(=O)CCC(=O)[O-])c2ccccc2)cc1. The van der Waals surface area contributed by atoms with Crippen LogP contribution in [0.25, 0.3) is 0 Å². The quantitative estimate of drug-likeness (QED) is 0.616. The molecule has 0 heterocycles. The first-order chi connectivity index (χ1) is 13.0. The zero-order valence-corrected chi connectivity index (χ0v) is 14.8. The Balaban J connectivity index is 2.03. The van der Waals surface area contributed by atoms with E-state index in [0.29, 0.717) is 11.3 Å². The van der Waals surface area contributed by atoms with Gasteiger partial charge in [-0.3, -0.25) is 4.79 Å². The molecule has 0 amide bonds. The average molecular weight is 371 g/mol. The molecular weight excluding hydrogens is 352 g/mol. The highest BCUT2D eigenvalue weighted by atomic mass is 16.6. The van der Waals surface area contributed by atoms with Crippen molar-refractivity contribution < 1.29 is 33.7 Å². The van der Waals surface area contributed by atoms with Crippen molar-refractivity contribution >= 4 is 17.9 Å². The number of rotatable bonds is 9. The van der Waals surface area contributed by atoms with Gasteiger partial charge in [-0.15, -0.1) is 0 Å². The number of aliphatic carboxylic acids is 1. The number of hydrogen-bond acceptors (Lipinski definition) is 7. The van der Waals surface area contributed by atoms with Crippen molar-refractivity contribution in [2.24, 2.45) is 0 Å². The molecule has 0 radical (unpaired) electrons. The van der Waals surface area contributed by atoms with Gasteiger partial charge < -0.3 is 24.1 Å². The summed E-state index contributed by atoms with van der Waals surface area (Å²) < 4.78 is 15.5. The zero-order valence-electron chi connectivity index (χ0n) is 14.8. The largest absolute Gasteiger partial charge is 0.550 e. The van der Waals surface area contributed by atoms with Crippen molar-refractivity contribution in [1.82, 2.24) is 0 Å². The molecule has 0 aliphatic carbocycles. The van der Waals surface area contributed by atoms with Gasteiger partial charge >= 0.3 is 11.9 Å². The average Bonchev–Trinajstić information content (AvgIpc) is 2.69. The maximum Gasteiger partial charge on any atom is 0.352 e. The maximum atomic E-state index is 12.5. The van der Waals surface area contributed by atoms with Crippen molar-refractivity contribution in [2.75, 3.05) is 7.11 Å². The highest BCUT2D eigenvalue weighted by molar-refractivity contribution is 5.82. The summed E-state index contributed by atoms with van der Waals surface area (Å²) in [6.45, 7) is -0.0112.